The van der Waals surface area contributed by atoms with Crippen LogP contribution in [0.4, 0.5) is 0 Å². The highest BCUT2D eigenvalue weighted by Gasteiger charge is 2.13. The molecule has 20 heavy (non-hydrogen) atoms. The number of carboxylic acids is 2. The minimum Gasteiger partial charge on any atom is -0.481 e. The topological polar surface area (TPSA) is 127 Å². The average molecular weight is 288 g/mol. The first-order valence-electron chi connectivity index (χ1n) is 5.31. The predicted octanol–water partition coefficient (Wildman–Crippen LogP) is 0.379. The standard InChI is InChI=1S/2C6H8O4/c1-3-5(7)10-4(2)6(8)9;1-2-6(9)10-4-3-5(7)8/h3-4H,1H2,2H3,(H,8,9);2H,1,3-4H2,(H,7,8). The maximum Gasteiger partial charge on any atom is 0.344 e. The average Bonchev–Trinajstić information content (AvgIpc) is 2.38. The van der Waals surface area contributed by atoms with Crippen molar-refractivity contribution >= 4 is 23.9 Å². The number of esters is 2. The second-order valence-electron chi connectivity index (χ2n) is 3.14. The molecule has 2 N–H and O–H groups in total. The molecule has 0 aliphatic heterocycles. The fourth-order valence-electron chi connectivity index (χ4n) is 0.571. The Morgan fingerprint density at radius 1 is 1.10 bits per heavy atom. The molecular weight excluding hydrogens is 272 g/mol. The van der Waals surface area contributed by atoms with Gasteiger partial charge in [-0.3, -0.25) is 4.79 Å². The van der Waals surface area contributed by atoms with Gasteiger partial charge in [0.1, 0.15) is 6.61 Å². The lowest BCUT2D eigenvalue weighted by atomic mass is 10.4. The summed E-state index contributed by atoms with van der Waals surface area (Å²) in [6.45, 7) is 7.41. The zero-order chi connectivity index (χ0) is 16.1. The molecule has 1 atom stereocenters. The minimum atomic E-state index is -1.17. The number of aliphatic carboxylic acids is 2. The van der Waals surface area contributed by atoms with Gasteiger partial charge in [-0.2, -0.15) is 0 Å². The van der Waals surface area contributed by atoms with Crippen LogP contribution in [0, 0.1) is 0 Å². The van der Waals surface area contributed by atoms with Crippen molar-refractivity contribution < 1.29 is 38.9 Å². The van der Waals surface area contributed by atoms with E-state index in [4.69, 9.17) is 10.2 Å². The maximum absolute atomic E-state index is 10.3. The lowest BCUT2D eigenvalue weighted by Crippen LogP contribution is -2.22. The molecule has 8 nitrogen and oxygen atoms in total. The molecule has 0 aromatic carbocycles. The Kier molecular flexibility index (Phi) is 11.3. The first kappa shape index (κ1) is 19.7. The van der Waals surface area contributed by atoms with E-state index in [1.807, 2.05) is 0 Å². The Balaban J connectivity index is 0. The second-order valence-corrected chi connectivity index (χ2v) is 3.14. The number of ether oxygens (including phenoxy) is 2. The van der Waals surface area contributed by atoms with Crippen LogP contribution in [0.25, 0.3) is 0 Å². The second kappa shape index (κ2) is 11.5. The van der Waals surface area contributed by atoms with E-state index in [9.17, 15) is 19.2 Å². The molecule has 0 rings (SSSR count). The zero-order valence-electron chi connectivity index (χ0n) is 10.9. The Bertz CT molecular complexity index is 385. The zero-order valence-corrected chi connectivity index (χ0v) is 10.9. The third kappa shape index (κ3) is 13.4. The van der Waals surface area contributed by atoms with Crippen molar-refractivity contribution in [2.24, 2.45) is 0 Å². The largest absolute Gasteiger partial charge is 0.481 e. The van der Waals surface area contributed by atoms with Crippen molar-refractivity contribution in [3.05, 3.63) is 25.3 Å². The molecule has 8 heteroatoms. The van der Waals surface area contributed by atoms with Crippen LogP contribution in [0.5, 0.6) is 0 Å². The number of hydrogen-bond donors (Lipinski definition) is 2. The highest BCUT2D eigenvalue weighted by Crippen LogP contribution is 1.90. The molecule has 0 aromatic rings. The molecule has 0 spiro atoms. The Hall–Kier alpha value is -2.64. The first-order valence-corrected chi connectivity index (χ1v) is 5.31. The molecular formula is C12H16O8. The van der Waals surface area contributed by atoms with Crippen LogP contribution < -0.4 is 0 Å². The molecule has 0 aliphatic carbocycles. The summed E-state index contributed by atoms with van der Waals surface area (Å²) in [5.74, 6) is -3.48. The fourth-order valence-corrected chi connectivity index (χ4v) is 0.571. The summed E-state index contributed by atoms with van der Waals surface area (Å²) in [5, 5.41) is 16.3. The Morgan fingerprint density at radius 2 is 1.60 bits per heavy atom. The Morgan fingerprint density at radius 3 is 1.95 bits per heavy atom. The number of carbonyl (C=O) groups is 4. The minimum absolute atomic E-state index is 0.0970. The number of rotatable bonds is 7. The van der Waals surface area contributed by atoms with Gasteiger partial charge in [-0.15, -0.1) is 0 Å². The summed E-state index contributed by atoms with van der Waals surface area (Å²) in [4.78, 5) is 40.5. The van der Waals surface area contributed by atoms with E-state index < -0.39 is 30.0 Å². The van der Waals surface area contributed by atoms with Gasteiger partial charge in [0.2, 0.25) is 0 Å². The van der Waals surface area contributed by atoms with Crippen LogP contribution in [0.1, 0.15) is 13.3 Å². The van der Waals surface area contributed by atoms with Crippen molar-refractivity contribution in [1.29, 1.82) is 0 Å². The van der Waals surface area contributed by atoms with Gasteiger partial charge in [0.15, 0.2) is 6.10 Å². The molecule has 0 saturated heterocycles. The maximum atomic E-state index is 10.3. The smallest absolute Gasteiger partial charge is 0.344 e. The van der Waals surface area contributed by atoms with Gasteiger partial charge in [-0.25, -0.2) is 14.4 Å². The molecule has 0 aromatic heterocycles. The molecule has 0 fully saturated rings. The molecule has 0 aliphatic rings. The van der Waals surface area contributed by atoms with Crippen molar-refractivity contribution in [1.82, 2.24) is 0 Å². The van der Waals surface area contributed by atoms with E-state index in [1.54, 1.807) is 0 Å². The highest BCUT2D eigenvalue weighted by atomic mass is 16.6. The highest BCUT2D eigenvalue weighted by molar-refractivity contribution is 5.84. The molecule has 0 bridgehead atoms. The van der Waals surface area contributed by atoms with Crippen LogP contribution in [-0.4, -0.2) is 46.8 Å². The summed E-state index contributed by atoms with van der Waals surface area (Å²) >= 11 is 0. The van der Waals surface area contributed by atoms with Crippen molar-refractivity contribution in [2.75, 3.05) is 6.61 Å². The van der Waals surface area contributed by atoms with Crippen LogP contribution in [0.15, 0.2) is 25.3 Å². The summed E-state index contributed by atoms with van der Waals surface area (Å²) in [6.07, 6.45) is 0.631. The van der Waals surface area contributed by atoms with Crippen molar-refractivity contribution in [3.63, 3.8) is 0 Å². The SMILES string of the molecule is C=CC(=O)OC(C)C(=O)O.C=CC(=O)OCCC(=O)O. The molecule has 0 amide bonds. The predicted molar refractivity (Wildman–Crippen MR) is 66.8 cm³/mol. The van der Waals surface area contributed by atoms with E-state index in [2.05, 4.69) is 22.6 Å². The summed E-state index contributed by atoms with van der Waals surface area (Å²) in [7, 11) is 0. The summed E-state index contributed by atoms with van der Waals surface area (Å²) in [5.41, 5.74) is 0. The van der Waals surface area contributed by atoms with E-state index in [0.29, 0.717) is 0 Å². The summed E-state index contributed by atoms with van der Waals surface area (Å²) < 4.78 is 8.67. The van der Waals surface area contributed by atoms with E-state index in [1.165, 1.54) is 6.92 Å². The third-order valence-corrected chi connectivity index (χ3v) is 1.53. The van der Waals surface area contributed by atoms with Gasteiger partial charge in [-0.1, -0.05) is 13.2 Å². The molecule has 0 saturated carbocycles. The van der Waals surface area contributed by atoms with Crippen LogP contribution in [0.2, 0.25) is 0 Å². The van der Waals surface area contributed by atoms with E-state index in [-0.39, 0.29) is 13.0 Å². The Labute approximate surface area is 115 Å². The number of hydrogen-bond acceptors (Lipinski definition) is 6. The molecule has 112 valence electrons. The van der Waals surface area contributed by atoms with Crippen LogP contribution in [0.3, 0.4) is 0 Å². The van der Waals surface area contributed by atoms with Gasteiger partial charge in [0.25, 0.3) is 0 Å². The lowest BCUT2D eigenvalue weighted by Gasteiger charge is -2.04. The number of carboxylic acid groups (broad SMARTS) is 2. The van der Waals surface area contributed by atoms with Crippen LogP contribution in [-0.2, 0) is 28.7 Å². The van der Waals surface area contributed by atoms with E-state index >= 15 is 0 Å². The lowest BCUT2D eigenvalue weighted by molar-refractivity contribution is -0.159. The van der Waals surface area contributed by atoms with Gasteiger partial charge >= 0.3 is 23.9 Å². The molecule has 0 heterocycles. The molecule has 1 unspecified atom stereocenters. The van der Waals surface area contributed by atoms with Crippen molar-refractivity contribution in [2.45, 2.75) is 19.4 Å². The third-order valence-electron chi connectivity index (χ3n) is 1.53. The van der Waals surface area contributed by atoms with Gasteiger partial charge in [-0.05, 0) is 6.92 Å². The normalized spacial score (nSPS) is 10.1. The van der Waals surface area contributed by atoms with Crippen LogP contribution >= 0.6 is 0 Å². The van der Waals surface area contributed by atoms with Gasteiger partial charge in [0.05, 0.1) is 6.42 Å². The first-order chi connectivity index (χ1) is 9.24. The number of carbonyl (C=O) groups excluding carboxylic acids is 2. The molecule has 0 radical (unpaired) electrons. The summed E-state index contributed by atoms with van der Waals surface area (Å²) in [6, 6.07) is 0. The monoisotopic (exact) mass is 288 g/mol. The quantitative estimate of drug-likeness (QED) is 0.508. The van der Waals surface area contributed by atoms with Gasteiger partial charge < -0.3 is 19.7 Å². The van der Waals surface area contributed by atoms with E-state index in [0.717, 1.165) is 12.2 Å². The van der Waals surface area contributed by atoms with Gasteiger partial charge in [0, 0.05) is 12.2 Å². The fraction of sp³-hybridized carbons (Fsp3) is 0.333. The van der Waals surface area contributed by atoms with Crippen molar-refractivity contribution in [3.8, 4) is 0 Å².